The molecule has 3 unspecified atom stereocenters. The monoisotopic (exact) mass is 477 g/mol. The van der Waals surface area contributed by atoms with Gasteiger partial charge < -0.3 is 10.4 Å². The minimum Gasteiger partial charge on any atom is -0.508 e. The molecule has 0 spiro atoms. The van der Waals surface area contributed by atoms with E-state index < -0.39 is 0 Å². The SMILES string of the molecule is C[C@]12CCC3c4cc(CCCCNC(=O)Cc5ccc(F)cc5)c(O)cc4CCC3C1CCC2=O. The van der Waals surface area contributed by atoms with Crippen LogP contribution in [0.5, 0.6) is 5.75 Å². The highest BCUT2D eigenvalue weighted by molar-refractivity contribution is 5.87. The molecule has 2 aromatic rings. The average molecular weight is 478 g/mol. The second-order valence-electron chi connectivity index (χ2n) is 11.1. The first-order chi connectivity index (χ1) is 16.8. The molecule has 5 heteroatoms. The number of halogens is 1. The molecule has 0 radical (unpaired) electrons. The highest BCUT2D eigenvalue weighted by Crippen LogP contribution is 2.59. The van der Waals surface area contributed by atoms with Crippen molar-refractivity contribution >= 4 is 11.7 Å². The molecule has 2 saturated carbocycles. The van der Waals surface area contributed by atoms with Gasteiger partial charge in [0.1, 0.15) is 17.3 Å². The number of fused-ring (bicyclic) bond motifs is 5. The molecule has 0 saturated heterocycles. The fraction of sp³-hybridized carbons (Fsp3) is 0.533. The minimum absolute atomic E-state index is 0.0611. The third-order valence-electron chi connectivity index (χ3n) is 9.11. The molecule has 0 aromatic heterocycles. The number of amides is 1. The number of aromatic hydroxyl groups is 1. The fourth-order valence-electron chi connectivity index (χ4n) is 7.15. The van der Waals surface area contributed by atoms with E-state index in [2.05, 4.69) is 18.3 Å². The van der Waals surface area contributed by atoms with E-state index in [9.17, 15) is 19.1 Å². The topological polar surface area (TPSA) is 66.4 Å². The van der Waals surface area contributed by atoms with E-state index in [0.717, 1.165) is 68.9 Å². The number of rotatable bonds is 7. The van der Waals surface area contributed by atoms with Gasteiger partial charge in [0.25, 0.3) is 0 Å². The van der Waals surface area contributed by atoms with Gasteiger partial charge in [0.15, 0.2) is 0 Å². The van der Waals surface area contributed by atoms with Crippen molar-refractivity contribution in [2.75, 3.05) is 6.54 Å². The van der Waals surface area contributed by atoms with Crippen LogP contribution in [0.3, 0.4) is 0 Å². The van der Waals surface area contributed by atoms with Crippen LogP contribution in [0.2, 0.25) is 0 Å². The van der Waals surface area contributed by atoms with Crippen molar-refractivity contribution in [3.63, 3.8) is 0 Å². The lowest BCUT2D eigenvalue weighted by molar-refractivity contribution is -0.129. The number of phenols is 1. The van der Waals surface area contributed by atoms with Crippen LogP contribution < -0.4 is 5.32 Å². The number of nitrogens with one attached hydrogen (secondary N) is 1. The molecule has 4 nitrogen and oxygen atoms in total. The number of carbonyl (C=O) groups excluding carboxylic acids is 2. The van der Waals surface area contributed by atoms with Gasteiger partial charge in [-0.1, -0.05) is 25.1 Å². The first-order valence-electron chi connectivity index (χ1n) is 13.2. The number of carbonyl (C=O) groups is 2. The fourth-order valence-corrected chi connectivity index (χ4v) is 7.15. The zero-order valence-electron chi connectivity index (χ0n) is 20.6. The van der Waals surface area contributed by atoms with Crippen LogP contribution in [0.25, 0.3) is 0 Å². The molecule has 1 amide bonds. The summed E-state index contributed by atoms with van der Waals surface area (Å²) in [5, 5.41) is 13.6. The predicted octanol–water partition coefficient (Wildman–Crippen LogP) is 5.64. The van der Waals surface area contributed by atoms with Gasteiger partial charge in [-0.2, -0.15) is 0 Å². The van der Waals surface area contributed by atoms with Crippen LogP contribution in [0.1, 0.15) is 80.0 Å². The Morgan fingerprint density at radius 3 is 2.71 bits per heavy atom. The summed E-state index contributed by atoms with van der Waals surface area (Å²) in [7, 11) is 0. The number of phenolic OH excluding ortho intramolecular Hbond substituents is 1. The van der Waals surface area contributed by atoms with Gasteiger partial charge in [-0.25, -0.2) is 4.39 Å². The van der Waals surface area contributed by atoms with Crippen molar-refractivity contribution in [3.05, 3.63) is 64.5 Å². The Labute approximate surface area is 207 Å². The van der Waals surface area contributed by atoms with Gasteiger partial charge >= 0.3 is 0 Å². The zero-order valence-corrected chi connectivity index (χ0v) is 20.6. The minimum atomic E-state index is -0.300. The van der Waals surface area contributed by atoms with Crippen molar-refractivity contribution in [1.29, 1.82) is 0 Å². The van der Waals surface area contributed by atoms with Crippen LogP contribution in [-0.2, 0) is 28.9 Å². The number of hydrogen-bond acceptors (Lipinski definition) is 3. The second kappa shape index (κ2) is 9.75. The Morgan fingerprint density at radius 2 is 1.91 bits per heavy atom. The molecule has 2 N–H and O–H groups in total. The van der Waals surface area contributed by atoms with Crippen molar-refractivity contribution in [2.24, 2.45) is 17.3 Å². The Morgan fingerprint density at radius 1 is 1.11 bits per heavy atom. The summed E-state index contributed by atoms with van der Waals surface area (Å²) in [5.41, 5.74) is 4.38. The van der Waals surface area contributed by atoms with Crippen molar-refractivity contribution in [1.82, 2.24) is 5.32 Å². The Bertz CT molecular complexity index is 1110. The molecule has 3 aliphatic carbocycles. The average Bonchev–Trinajstić information content (AvgIpc) is 3.15. The van der Waals surface area contributed by atoms with Gasteiger partial charge in [0.2, 0.25) is 5.91 Å². The van der Waals surface area contributed by atoms with E-state index in [1.54, 1.807) is 12.1 Å². The predicted molar refractivity (Wildman–Crippen MR) is 134 cm³/mol. The van der Waals surface area contributed by atoms with E-state index in [0.29, 0.717) is 35.8 Å². The summed E-state index contributed by atoms with van der Waals surface area (Å²) in [5.74, 6) is 2.11. The lowest BCUT2D eigenvalue weighted by Gasteiger charge is -2.48. The van der Waals surface area contributed by atoms with Crippen LogP contribution in [-0.4, -0.2) is 23.3 Å². The smallest absolute Gasteiger partial charge is 0.224 e. The standard InChI is InChI=1S/C30H36FNO3/c1-30-14-13-23-24(26(30)11-12-28(30)34)10-7-20-18-27(33)21(17-25(20)23)4-2-3-15-32-29(35)16-19-5-8-22(31)9-6-19/h5-6,8-9,17-18,23-24,26,33H,2-4,7,10-16H2,1H3,(H,32,35)/t23?,24?,26?,30-/m0/s1. The quantitative estimate of drug-likeness (QED) is 0.508. The van der Waals surface area contributed by atoms with E-state index in [1.807, 2.05) is 6.07 Å². The maximum Gasteiger partial charge on any atom is 0.224 e. The summed E-state index contributed by atoms with van der Waals surface area (Å²) >= 11 is 0. The van der Waals surface area contributed by atoms with Crippen LogP contribution in [0.4, 0.5) is 4.39 Å². The summed E-state index contributed by atoms with van der Waals surface area (Å²) in [4.78, 5) is 24.7. The molecule has 186 valence electrons. The largest absolute Gasteiger partial charge is 0.508 e. The molecular weight excluding hydrogens is 441 g/mol. The highest BCUT2D eigenvalue weighted by atomic mass is 19.1. The Hall–Kier alpha value is -2.69. The summed E-state index contributed by atoms with van der Waals surface area (Å²) in [6.45, 7) is 2.80. The summed E-state index contributed by atoms with van der Waals surface area (Å²) < 4.78 is 13.0. The Balaban J connectivity index is 1.16. The third-order valence-corrected chi connectivity index (χ3v) is 9.11. The number of aryl methyl sites for hydroxylation is 2. The number of benzene rings is 2. The maximum atomic E-state index is 13.0. The van der Waals surface area contributed by atoms with Gasteiger partial charge in [0, 0.05) is 18.4 Å². The van der Waals surface area contributed by atoms with Crippen LogP contribution in [0, 0.1) is 23.1 Å². The van der Waals surface area contributed by atoms with E-state index in [1.165, 1.54) is 23.3 Å². The molecule has 0 aliphatic heterocycles. The number of unbranched alkanes of at least 4 members (excludes halogenated alkanes) is 1. The molecule has 5 rings (SSSR count). The molecule has 2 fully saturated rings. The zero-order chi connectivity index (χ0) is 24.6. The van der Waals surface area contributed by atoms with Crippen LogP contribution >= 0.6 is 0 Å². The number of Topliss-reactive ketones (excluding diaryl/α,β-unsaturated/α-hetero) is 1. The molecule has 35 heavy (non-hydrogen) atoms. The van der Waals surface area contributed by atoms with Gasteiger partial charge in [-0.15, -0.1) is 0 Å². The first kappa shape index (κ1) is 24.0. The second-order valence-corrected chi connectivity index (χ2v) is 11.1. The lowest BCUT2D eigenvalue weighted by atomic mass is 9.55. The molecule has 3 aliphatic rings. The Kier molecular flexibility index (Phi) is 6.69. The first-order valence-corrected chi connectivity index (χ1v) is 13.2. The van der Waals surface area contributed by atoms with Gasteiger partial charge in [-0.05, 0) is 110 Å². The lowest BCUT2D eigenvalue weighted by Crippen LogP contribution is -2.42. The van der Waals surface area contributed by atoms with Crippen molar-refractivity contribution in [2.45, 2.75) is 77.0 Å². The highest BCUT2D eigenvalue weighted by Gasteiger charge is 2.54. The summed E-state index contributed by atoms with van der Waals surface area (Å²) in [6, 6.07) is 10.2. The normalized spacial score (nSPS) is 27.1. The van der Waals surface area contributed by atoms with Crippen molar-refractivity contribution < 1.29 is 19.1 Å². The van der Waals surface area contributed by atoms with Crippen LogP contribution in [0.15, 0.2) is 36.4 Å². The summed E-state index contributed by atoms with van der Waals surface area (Å²) in [6.07, 6.45) is 8.72. The number of ketones is 1. The number of hydrogen-bond donors (Lipinski definition) is 2. The molecule has 0 bridgehead atoms. The molecular formula is C30H36FNO3. The van der Waals surface area contributed by atoms with Crippen molar-refractivity contribution in [3.8, 4) is 5.75 Å². The molecule has 2 aromatic carbocycles. The third kappa shape index (κ3) is 4.74. The van der Waals surface area contributed by atoms with E-state index in [-0.39, 0.29) is 23.6 Å². The van der Waals surface area contributed by atoms with E-state index in [4.69, 9.17) is 0 Å². The molecule has 0 heterocycles. The van der Waals surface area contributed by atoms with Gasteiger partial charge in [-0.3, -0.25) is 9.59 Å². The van der Waals surface area contributed by atoms with Gasteiger partial charge in [0.05, 0.1) is 6.42 Å². The van der Waals surface area contributed by atoms with E-state index >= 15 is 0 Å². The molecule has 4 atom stereocenters. The maximum absolute atomic E-state index is 13.0.